The van der Waals surface area contributed by atoms with E-state index in [0.717, 1.165) is 17.9 Å². The molecular weight excluding hydrogens is 314 g/mol. The van der Waals surface area contributed by atoms with Crippen molar-refractivity contribution in [3.05, 3.63) is 29.8 Å². The number of aryl methyl sites for hydroxylation is 1. The molecule has 0 spiro atoms. The Balaban J connectivity index is 0. The van der Waals surface area contributed by atoms with Gasteiger partial charge in [-0.1, -0.05) is 26.0 Å². The second kappa shape index (κ2) is 18.5. The van der Waals surface area contributed by atoms with E-state index in [1.807, 2.05) is 39.1 Å². The van der Waals surface area contributed by atoms with Gasteiger partial charge in [0.25, 0.3) is 6.47 Å². The fraction of sp³-hybridized carbons (Fsp3) is 0.556. The Morgan fingerprint density at radius 1 is 1.43 bits per heavy atom. The predicted octanol–water partition coefficient (Wildman–Crippen LogP) is 4.75. The minimum Gasteiger partial charge on any atom is -0.508 e. The highest BCUT2D eigenvalue weighted by atomic mass is 35.5. The molecule has 4 nitrogen and oxygen atoms in total. The summed E-state index contributed by atoms with van der Waals surface area (Å²) < 4.78 is 3.86. The van der Waals surface area contributed by atoms with E-state index < -0.39 is 0 Å². The average Bonchev–Trinajstić information content (AvgIpc) is 3.09. The summed E-state index contributed by atoms with van der Waals surface area (Å²) in [6.45, 7) is 6.32. The summed E-state index contributed by atoms with van der Waals surface area (Å²) in [6, 6.07) is 7.75. The first-order valence-electron chi connectivity index (χ1n) is 7.93. The van der Waals surface area contributed by atoms with Crippen molar-refractivity contribution in [3.8, 4) is 5.75 Å². The van der Waals surface area contributed by atoms with Crippen LogP contribution >= 0.6 is 11.6 Å². The highest BCUT2D eigenvalue weighted by molar-refractivity contribution is 6.17. The molecular formula is C18H30ClNO3. The summed E-state index contributed by atoms with van der Waals surface area (Å²) in [6.07, 6.45) is 6.74. The molecule has 2 rings (SSSR count). The predicted molar refractivity (Wildman–Crippen MR) is 98.7 cm³/mol. The van der Waals surface area contributed by atoms with Gasteiger partial charge in [-0.15, -0.1) is 11.6 Å². The minimum absolute atomic E-state index is 0.338. The van der Waals surface area contributed by atoms with Gasteiger partial charge in [-0.25, -0.2) is 0 Å². The van der Waals surface area contributed by atoms with Crippen LogP contribution < -0.4 is 0 Å². The lowest BCUT2D eigenvalue weighted by molar-refractivity contribution is -0.126. The van der Waals surface area contributed by atoms with Crippen LogP contribution in [0.1, 0.15) is 45.1 Å². The molecule has 1 aliphatic heterocycles. The number of phenolic OH excluding ortho intramolecular Hbond substituents is 1. The van der Waals surface area contributed by atoms with Crippen LogP contribution in [0.25, 0.3) is 0 Å². The van der Waals surface area contributed by atoms with Crippen molar-refractivity contribution in [2.45, 2.75) is 52.5 Å². The molecule has 0 aromatic heterocycles. The third-order valence-electron chi connectivity index (χ3n) is 2.71. The molecule has 0 bridgehead atoms. The highest BCUT2D eigenvalue weighted by Gasteiger charge is 2.08. The van der Waals surface area contributed by atoms with Gasteiger partial charge >= 0.3 is 0 Å². The maximum absolute atomic E-state index is 8.95. The van der Waals surface area contributed by atoms with Crippen LogP contribution in [0.15, 0.2) is 29.3 Å². The first-order chi connectivity index (χ1) is 11.1. The van der Waals surface area contributed by atoms with Crippen LogP contribution in [0.3, 0.4) is 0 Å². The van der Waals surface area contributed by atoms with Crippen molar-refractivity contribution < 1.29 is 14.6 Å². The van der Waals surface area contributed by atoms with Crippen molar-refractivity contribution in [1.29, 1.82) is 0 Å². The van der Waals surface area contributed by atoms with Crippen molar-refractivity contribution >= 4 is 24.3 Å². The average molecular weight is 344 g/mol. The molecule has 1 aliphatic rings. The van der Waals surface area contributed by atoms with Crippen LogP contribution in [0.4, 0.5) is 0 Å². The van der Waals surface area contributed by atoms with Gasteiger partial charge in [-0.3, -0.25) is 9.79 Å². The van der Waals surface area contributed by atoms with Crippen LogP contribution in [0.5, 0.6) is 5.75 Å². The van der Waals surface area contributed by atoms with Gasteiger partial charge in [-0.2, -0.15) is 0 Å². The van der Waals surface area contributed by atoms with Gasteiger partial charge in [-0.05, 0) is 56.5 Å². The van der Waals surface area contributed by atoms with Crippen LogP contribution in [0.2, 0.25) is 0 Å². The molecule has 1 N–H and O–H groups in total. The summed E-state index contributed by atoms with van der Waals surface area (Å²) >= 11 is 5.53. The van der Waals surface area contributed by atoms with E-state index in [9.17, 15) is 0 Å². The van der Waals surface area contributed by atoms with Crippen molar-refractivity contribution in [2.24, 2.45) is 4.99 Å². The molecule has 23 heavy (non-hydrogen) atoms. The van der Waals surface area contributed by atoms with Crippen molar-refractivity contribution in [1.82, 2.24) is 0 Å². The number of methoxy groups -OCH3 is 1. The van der Waals surface area contributed by atoms with E-state index in [2.05, 4.69) is 9.73 Å². The van der Waals surface area contributed by atoms with E-state index in [1.54, 1.807) is 12.1 Å². The second-order valence-electron chi connectivity index (χ2n) is 4.56. The molecule has 1 heterocycles. The number of benzene rings is 1. The lowest BCUT2D eigenvalue weighted by atomic mass is 10.1. The summed E-state index contributed by atoms with van der Waals surface area (Å²) in [5.74, 6) is 1.12. The molecule has 0 saturated heterocycles. The molecule has 1 atom stereocenters. The number of carbonyl (C=O) groups is 1. The topological polar surface area (TPSA) is 58.9 Å². The maximum atomic E-state index is 8.95. The fourth-order valence-corrected chi connectivity index (χ4v) is 1.88. The molecule has 132 valence electrons. The standard InChI is InChI=1S/C7H12ClN.C7H8O.C2H4O2.C2H6/c8-5-1-3-7-4-2-6-9-7;1-6-3-2-4-7(8)5-6;1-4-2-3;1-2/h6-7H,1-5H2;2-5,8H,1H3;2H,1H3;1-2H3. The Morgan fingerprint density at radius 3 is 2.43 bits per heavy atom. The lowest BCUT2D eigenvalue weighted by Gasteiger charge is -2.02. The molecule has 5 heteroatoms. The van der Waals surface area contributed by atoms with E-state index in [4.69, 9.17) is 21.5 Å². The zero-order chi connectivity index (χ0) is 17.9. The van der Waals surface area contributed by atoms with Crippen LogP contribution in [-0.4, -0.2) is 36.8 Å². The Kier molecular flexibility index (Phi) is 19.1. The number of ether oxygens (including phenoxy) is 1. The SMILES string of the molecule is CC.COC=O.Cc1cccc(O)c1.ClCCCC1CCC=N1. The molecule has 0 fully saturated rings. The summed E-state index contributed by atoms with van der Waals surface area (Å²) in [4.78, 5) is 13.2. The number of nitrogens with zero attached hydrogens (tertiary/aromatic N) is 1. The quantitative estimate of drug-likeness (QED) is 0.633. The van der Waals surface area contributed by atoms with Crippen LogP contribution in [-0.2, 0) is 9.53 Å². The second-order valence-corrected chi connectivity index (χ2v) is 4.94. The van der Waals surface area contributed by atoms with E-state index in [0.29, 0.717) is 18.3 Å². The van der Waals surface area contributed by atoms with Crippen molar-refractivity contribution in [3.63, 3.8) is 0 Å². The minimum atomic E-state index is 0.338. The van der Waals surface area contributed by atoms with E-state index >= 15 is 0 Å². The van der Waals surface area contributed by atoms with Gasteiger partial charge in [0.15, 0.2) is 0 Å². The smallest absolute Gasteiger partial charge is 0.292 e. The third-order valence-corrected chi connectivity index (χ3v) is 2.98. The number of aliphatic imine (C=N–C) groups is 1. The van der Waals surface area contributed by atoms with E-state index in [-0.39, 0.29) is 0 Å². The van der Waals surface area contributed by atoms with Gasteiger partial charge in [0.1, 0.15) is 5.75 Å². The van der Waals surface area contributed by atoms with Gasteiger partial charge in [0.05, 0.1) is 7.11 Å². The Hall–Kier alpha value is -1.55. The Morgan fingerprint density at radius 2 is 2.09 bits per heavy atom. The number of rotatable bonds is 4. The maximum Gasteiger partial charge on any atom is 0.292 e. The largest absolute Gasteiger partial charge is 0.508 e. The van der Waals surface area contributed by atoms with E-state index in [1.165, 1.54) is 26.4 Å². The zero-order valence-corrected chi connectivity index (χ0v) is 15.4. The molecule has 0 amide bonds. The normalized spacial score (nSPS) is 14.2. The van der Waals surface area contributed by atoms with Crippen LogP contribution in [0, 0.1) is 6.92 Å². The lowest BCUT2D eigenvalue weighted by Crippen LogP contribution is -1.98. The number of aromatic hydroxyl groups is 1. The number of alkyl halides is 1. The molecule has 1 unspecified atom stereocenters. The molecule has 1 aromatic rings. The summed E-state index contributed by atoms with van der Waals surface area (Å²) in [7, 11) is 1.31. The van der Waals surface area contributed by atoms with Gasteiger partial charge in [0.2, 0.25) is 0 Å². The van der Waals surface area contributed by atoms with Gasteiger partial charge in [0, 0.05) is 11.9 Å². The van der Waals surface area contributed by atoms with Gasteiger partial charge < -0.3 is 9.84 Å². The summed E-state index contributed by atoms with van der Waals surface area (Å²) in [5, 5.41) is 8.81. The summed E-state index contributed by atoms with van der Waals surface area (Å²) in [5.41, 5.74) is 1.09. The highest BCUT2D eigenvalue weighted by Crippen LogP contribution is 2.13. The third kappa shape index (κ3) is 16.6. The number of carbonyl (C=O) groups excluding carboxylic acids is 1. The first kappa shape index (κ1) is 23.7. The molecule has 0 saturated carbocycles. The Labute approximate surface area is 145 Å². The zero-order valence-electron chi connectivity index (χ0n) is 14.7. The van der Waals surface area contributed by atoms with Crippen molar-refractivity contribution in [2.75, 3.05) is 13.0 Å². The monoisotopic (exact) mass is 343 g/mol. The Bertz CT molecular complexity index is 394. The molecule has 0 aliphatic carbocycles. The number of phenols is 1. The fourth-order valence-electron chi connectivity index (χ4n) is 1.72. The molecule has 1 aromatic carbocycles. The number of hydrogen-bond donors (Lipinski definition) is 1. The number of hydrogen-bond acceptors (Lipinski definition) is 4. The first-order valence-corrected chi connectivity index (χ1v) is 8.47. The number of halogens is 1. The molecule has 0 radical (unpaired) electrons.